The molecule has 2 aliphatic rings. The van der Waals surface area contributed by atoms with Crippen LogP contribution < -0.4 is 4.74 Å². The van der Waals surface area contributed by atoms with Gasteiger partial charge in [-0.25, -0.2) is 4.98 Å². The Morgan fingerprint density at radius 2 is 1.68 bits per heavy atom. The quantitative estimate of drug-likeness (QED) is 0.511. The molecule has 0 radical (unpaired) electrons. The molecule has 0 saturated carbocycles. The molecule has 1 spiro atoms. The number of aromatic nitrogens is 1. The van der Waals surface area contributed by atoms with Gasteiger partial charge in [-0.05, 0) is 49.8 Å². The topological polar surface area (TPSA) is 79.8 Å². The fraction of sp³-hybridized carbons (Fsp3) is 0.455. The van der Waals surface area contributed by atoms with E-state index in [0.29, 0.717) is 47.4 Å². The predicted molar refractivity (Wildman–Crippen MR) is 118 cm³/mol. The number of thiophene rings is 1. The number of Topliss-reactive ketones (excluding diaryl/α,β-unsaturated/α-hetero) is 1. The Bertz CT molecular complexity index is 1030. The molecule has 4 rings (SSSR count). The fourth-order valence-corrected chi connectivity index (χ4v) is 5.45. The zero-order valence-electron chi connectivity index (χ0n) is 17.5. The summed E-state index contributed by atoms with van der Waals surface area (Å²) in [5.74, 6) is 0.202. The highest BCUT2D eigenvalue weighted by molar-refractivity contribution is 7.15. The number of amides is 2. The minimum absolute atomic E-state index is 0.0169. The first kappa shape index (κ1) is 21.8. The van der Waals surface area contributed by atoms with Crippen molar-refractivity contribution in [2.24, 2.45) is 5.41 Å². The zero-order chi connectivity index (χ0) is 22.2. The average molecular weight is 462 g/mol. The van der Waals surface area contributed by atoms with Crippen LogP contribution in [0.3, 0.4) is 0 Å². The maximum absolute atomic E-state index is 13.0. The molecule has 4 heterocycles. The Labute approximate surface area is 190 Å². The van der Waals surface area contributed by atoms with Crippen LogP contribution in [0.4, 0.5) is 0 Å². The van der Waals surface area contributed by atoms with Crippen LogP contribution in [0.2, 0.25) is 5.15 Å². The molecule has 2 fully saturated rings. The minimum atomic E-state index is -0.0756. The van der Waals surface area contributed by atoms with E-state index in [1.165, 1.54) is 25.4 Å². The summed E-state index contributed by atoms with van der Waals surface area (Å²) in [6, 6.07) is 6.62. The molecule has 9 heteroatoms. The van der Waals surface area contributed by atoms with E-state index in [-0.39, 0.29) is 28.2 Å². The lowest BCUT2D eigenvalue weighted by molar-refractivity contribution is 0.0569. The number of carbonyl (C=O) groups is 3. The smallest absolute Gasteiger partial charge is 0.263 e. The highest BCUT2D eigenvalue weighted by Crippen LogP contribution is 2.41. The highest BCUT2D eigenvalue weighted by atomic mass is 35.5. The maximum atomic E-state index is 13.0. The van der Waals surface area contributed by atoms with E-state index in [2.05, 4.69) is 4.98 Å². The third-order valence-electron chi connectivity index (χ3n) is 6.23. The first-order chi connectivity index (χ1) is 14.8. The van der Waals surface area contributed by atoms with Gasteiger partial charge in [-0.3, -0.25) is 14.4 Å². The van der Waals surface area contributed by atoms with Crippen molar-refractivity contribution in [3.63, 3.8) is 0 Å². The van der Waals surface area contributed by atoms with Crippen LogP contribution in [-0.4, -0.2) is 65.7 Å². The number of pyridine rings is 1. The molecular formula is C22H24ClN3O4S. The van der Waals surface area contributed by atoms with Crippen molar-refractivity contribution in [1.29, 1.82) is 0 Å². The van der Waals surface area contributed by atoms with Crippen molar-refractivity contribution in [2.75, 3.05) is 33.3 Å². The number of ketones is 1. The highest BCUT2D eigenvalue weighted by Gasteiger charge is 2.43. The number of carbonyl (C=O) groups excluding carboxylic acids is 3. The van der Waals surface area contributed by atoms with Gasteiger partial charge in [0.15, 0.2) is 5.78 Å². The van der Waals surface area contributed by atoms with Crippen LogP contribution in [0, 0.1) is 5.41 Å². The summed E-state index contributed by atoms with van der Waals surface area (Å²) < 4.78 is 5.12. The van der Waals surface area contributed by atoms with Crippen LogP contribution in [-0.2, 0) is 0 Å². The average Bonchev–Trinajstić information content (AvgIpc) is 3.41. The van der Waals surface area contributed by atoms with Crippen LogP contribution >= 0.6 is 22.9 Å². The number of piperidine rings is 1. The molecule has 0 aromatic carbocycles. The number of methoxy groups -OCH3 is 1. The van der Waals surface area contributed by atoms with E-state index < -0.39 is 0 Å². The van der Waals surface area contributed by atoms with Gasteiger partial charge in [0.05, 0.1) is 16.9 Å². The number of ether oxygens (including phenoxy) is 1. The largest absolute Gasteiger partial charge is 0.481 e. The molecule has 0 unspecified atom stereocenters. The number of rotatable bonds is 4. The van der Waals surface area contributed by atoms with E-state index >= 15 is 0 Å². The Morgan fingerprint density at radius 3 is 2.29 bits per heavy atom. The van der Waals surface area contributed by atoms with Crippen LogP contribution in [0.1, 0.15) is 55.9 Å². The molecule has 2 amide bonds. The number of likely N-dealkylation sites (tertiary alicyclic amines) is 2. The van der Waals surface area contributed by atoms with Gasteiger partial charge in [-0.1, -0.05) is 11.6 Å². The summed E-state index contributed by atoms with van der Waals surface area (Å²) in [4.78, 5) is 46.3. The van der Waals surface area contributed by atoms with Gasteiger partial charge < -0.3 is 14.5 Å². The van der Waals surface area contributed by atoms with Gasteiger partial charge in [-0.2, -0.15) is 0 Å². The predicted octanol–water partition coefficient (Wildman–Crippen LogP) is 3.78. The van der Waals surface area contributed by atoms with E-state index in [4.69, 9.17) is 16.3 Å². The first-order valence-corrected chi connectivity index (χ1v) is 11.4. The van der Waals surface area contributed by atoms with E-state index in [1.807, 2.05) is 9.80 Å². The van der Waals surface area contributed by atoms with Crippen LogP contribution in [0.25, 0.3) is 0 Å². The molecule has 2 aromatic heterocycles. The second-order valence-electron chi connectivity index (χ2n) is 8.21. The normalized spacial score (nSPS) is 17.8. The molecule has 7 nitrogen and oxygen atoms in total. The minimum Gasteiger partial charge on any atom is -0.481 e. The third-order valence-corrected chi connectivity index (χ3v) is 7.59. The lowest BCUT2D eigenvalue weighted by Gasteiger charge is -2.39. The molecule has 0 N–H and O–H groups in total. The maximum Gasteiger partial charge on any atom is 0.263 e. The van der Waals surface area contributed by atoms with Crippen molar-refractivity contribution in [3.8, 4) is 5.88 Å². The van der Waals surface area contributed by atoms with Crippen molar-refractivity contribution in [2.45, 2.75) is 26.2 Å². The zero-order valence-corrected chi connectivity index (χ0v) is 19.1. The van der Waals surface area contributed by atoms with Gasteiger partial charge in [0.2, 0.25) is 5.88 Å². The molecule has 0 aliphatic carbocycles. The SMILES string of the molecule is COc1cc(C(=O)N2CCC3(CCN(C(=O)c4ccc(C(C)=O)s4)CC3)C2)cc(Cl)n1. The Kier molecular flexibility index (Phi) is 6.03. The number of halogens is 1. The van der Waals surface area contributed by atoms with Crippen molar-refractivity contribution in [3.05, 3.63) is 44.7 Å². The summed E-state index contributed by atoms with van der Waals surface area (Å²) in [7, 11) is 1.49. The summed E-state index contributed by atoms with van der Waals surface area (Å²) >= 11 is 7.27. The monoisotopic (exact) mass is 461 g/mol. The molecule has 0 atom stereocenters. The van der Waals surface area contributed by atoms with E-state index in [1.54, 1.807) is 24.3 Å². The number of hydrogen-bond donors (Lipinski definition) is 0. The van der Waals surface area contributed by atoms with Gasteiger partial charge >= 0.3 is 0 Å². The van der Waals surface area contributed by atoms with Crippen molar-refractivity contribution in [1.82, 2.24) is 14.8 Å². The second-order valence-corrected chi connectivity index (χ2v) is 9.68. The molecule has 31 heavy (non-hydrogen) atoms. The second kappa shape index (κ2) is 8.59. The van der Waals surface area contributed by atoms with Crippen molar-refractivity contribution >= 4 is 40.5 Å². The van der Waals surface area contributed by atoms with Crippen LogP contribution in [0.5, 0.6) is 5.88 Å². The molecule has 2 aromatic rings. The number of hydrogen-bond acceptors (Lipinski definition) is 6. The van der Waals surface area contributed by atoms with Crippen LogP contribution in [0.15, 0.2) is 24.3 Å². The standard InChI is InChI=1S/C22H24ClN3O4S/c1-14(27)16-3-4-17(31-16)21(29)25-8-5-22(6-9-25)7-10-26(13-22)20(28)15-11-18(23)24-19(12-15)30-2/h3-4,11-12H,5-10,13H2,1-2H3. The fourth-order valence-electron chi connectivity index (χ4n) is 4.38. The lowest BCUT2D eigenvalue weighted by Crippen LogP contribution is -2.44. The molecule has 164 valence electrons. The summed E-state index contributed by atoms with van der Waals surface area (Å²) in [5.41, 5.74) is 0.508. The molecular weight excluding hydrogens is 438 g/mol. The van der Waals surface area contributed by atoms with Gasteiger partial charge in [0.25, 0.3) is 11.8 Å². The molecule has 2 aliphatic heterocycles. The Balaban J connectivity index is 1.38. The van der Waals surface area contributed by atoms with Gasteiger partial charge in [0, 0.05) is 37.8 Å². The lowest BCUT2D eigenvalue weighted by atomic mass is 9.77. The van der Waals surface area contributed by atoms with E-state index in [9.17, 15) is 14.4 Å². The van der Waals surface area contributed by atoms with E-state index in [0.717, 1.165) is 19.3 Å². The molecule has 0 bridgehead atoms. The van der Waals surface area contributed by atoms with Gasteiger partial charge in [0.1, 0.15) is 5.15 Å². The summed E-state index contributed by atoms with van der Waals surface area (Å²) in [6.45, 7) is 4.17. The first-order valence-electron chi connectivity index (χ1n) is 10.2. The summed E-state index contributed by atoms with van der Waals surface area (Å²) in [5, 5.41) is 0.227. The van der Waals surface area contributed by atoms with Gasteiger partial charge in [-0.15, -0.1) is 11.3 Å². The van der Waals surface area contributed by atoms with Crippen molar-refractivity contribution < 1.29 is 19.1 Å². The Morgan fingerprint density at radius 1 is 1.03 bits per heavy atom. The summed E-state index contributed by atoms with van der Waals surface area (Å²) in [6.07, 6.45) is 2.63. The molecule has 2 saturated heterocycles. The Hall–Kier alpha value is -2.45. The third kappa shape index (κ3) is 4.45. The number of nitrogens with zero attached hydrogens (tertiary/aromatic N) is 3.